The van der Waals surface area contributed by atoms with Gasteiger partial charge < -0.3 is 9.64 Å². The highest BCUT2D eigenvalue weighted by atomic mass is 16.5. The van der Waals surface area contributed by atoms with Crippen LogP contribution in [0.15, 0.2) is 48.8 Å². The van der Waals surface area contributed by atoms with Gasteiger partial charge in [0, 0.05) is 31.5 Å². The molecule has 2 saturated heterocycles. The van der Waals surface area contributed by atoms with Crippen LogP contribution in [0, 0.1) is 5.92 Å². The second-order valence-corrected chi connectivity index (χ2v) is 7.13. The van der Waals surface area contributed by atoms with Crippen LogP contribution in [0.4, 0.5) is 0 Å². The van der Waals surface area contributed by atoms with Crippen LogP contribution < -0.4 is 15.6 Å². The highest BCUT2D eigenvalue weighted by Gasteiger charge is 2.34. The molecule has 7 heteroatoms. The van der Waals surface area contributed by atoms with Crippen molar-refractivity contribution in [1.82, 2.24) is 25.7 Å². The average molecular weight is 367 g/mol. The quantitative estimate of drug-likeness (QED) is 0.837. The molecule has 2 N–H and O–H groups in total. The van der Waals surface area contributed by atoms with E-state index in [0.717, 1.165) is 38.0 Å². The van der Waals surface area contributed by atoms with Gasteiger partial charge in [0.25, 0.3) is 0 Å². The number of hydrogen-bond donors (Lipinski definition) is 2. The SMILES string of the molecule is O=C(C1CC(c2ccccn2)NN1)N1CCC(COc2ccccn2)CC1. The lowest BCUT2D eigenvalue weighted by molar-refractivity contribution is -0.134. The molecule has 1 amide bonds. The van der Waals surface area contributed by atoms with Crippen molar-refractivity contribution in [2.75, 3.05) is 19.7 Å². The lowest BCUT2D eigenvalue weighted by Gasteiger charge is -2.33. The number of hydrazine groups is 1. The van der Waals surface area contributed by atoms with E-state index in [4.69, 9.17) is 4.74 Å². The number of likely N-dealkylation sites (tertiary alicyclic amines) is 1. The number of rotatable bonds is 5. The lowest BCUT2D eigenvalue weighted by atomic mass is 9.96. The van der Waals surface area contributed by atoms with E-state index >= 15 is 0 Å². The summed E-state index contributed by atoms with van der Waals surface area (Å²) in [7, 11) is 0. The topological polar surface area (TPSA) is 79.4 Å². The number of carbonyl (C=O) groups is 1. The summed E-state index contributed by atoms with van der Waals surface area (Å²) in [6.45, 7) is 2.22. The standard InChI is InChI=1S/C20H25N5O2/c26-20(18-13-17(23-24-18)16-5-1-3-9-21-16)25-11-7-15(8-12-25)14-27-19-6-2-4-10-22-19/h1-6,9-10,15,17-18,23-24H,7-8,11-14H2. The van der Waals surface area contributed by atoms with Crippen LogP contribution in [0.25, 0.3) is 0 Å². The van der Waals surface area contributed by atoms with Gasteiger partial charge in [-0.25, -0.2) is 15.8 Å². The Labute approximate surface area is 159 Å². The van der Waals surface area contributed by atoms with Crippen molar-refractivity contribution in [1.29, 1.82) is 0 Å². The zero-order valence-corrected chi connectivity index (χ0v) is 15.3. The summed E-state index contributed by atoms with van der Waals surface area (Å²) < 4.78 is 5.76. The van der Waals surface area contributed by atoms with Crippen molar-refractivity contribution < 1.29 is 9.53 Å². The number of amides is 1. The first-order chi connectivity index (χ1) is 13.3. The molecule has 4 rings (SSSR count). The van der Waals surface area contributed by atoms with Gasteiger partial charge in [0.1, 0.15) is 6.04 Å². The van der Waals surface area contributed by atoms with E-state index in [1.807, 2.05) is 41.3 Å². The third kappa shape index (κ3) is 4.43. The van der Waals surface area contributed by atoms with Gasteiger partial charge in [-0.15, -0.1) is 0 Å². The van der Waals surface area contributed by atoms with Crippen molar-refractivity contribution in [3.05, 3.63) is 54.5 Å². The smallest absolute Gasteiger partial charge is 0.241 e. The Morgan fingerprint density at radius 2 is 1.85 bits per heavy atom. The molecule has 2 aliphatic rings. The van der Waals surface area contributed by atoms with E-state index < -0.39 is 0 Å². The molecule has 0 aromatic carbocycles. The Kier molecular flexibility index (Phi) is 5.60. The van der Waals surface area contributed by atoms with E-state index in [2.05, 4.69) is 20.8 Å². The number of nitrogens with zero attached hydrogens (tertiary/aromatic N) is 3. The van der Waals surface area contributed by atoms with Crippen LogP contribution >= 0.6 is 0 Å². The molecule has 2 aliphatic heterocycles. The Bertz CT molecular complexity index is 735. The number of pyridine rings is 2. The van der Waals surface area contributed by atoms with Crippen LogP contribution in [0.3, 0.4) is 0 Å². The summed E-state index contributed by atoms with van der Waals surface area (Å²) in [4.78, 5) is 23.4. The highest BCUT2D eigenvalue weighted by molar-refractivity contribution is 5.82. The third-order valence-electron chi connectivity index (χ3n) is 5.28. The highest BCUT2D eigenvalue weighted by Crippen LogP contribution is 2.24. The molecule has 7 nitrogen and oxygen atoms in total. The first kappa shape index (κ1) is 17.9. The predicted octanol–water partition coefficient (Wildman–Crippen LogP) is 1.70. The minimum absolute atomic E-state index is 0.0736. The maximum atomic E-state index is 12.8. The van der Waals surface area contributed by atoms with Gasteiger partial charge in [-0.1, -0.05) is 12.1 Å². The third-order valence-corrected chi connectivity index (χ3v) is 5.28. The molecule has 142 valence electrons. The first-order valence-electron chi connectivity index (χ1n) is 9.54. The second kappa shape index (κ2) is 8.45. The van der Waals surface area contributed by atoms with Crippen molar-refractivity contribution in [3.63, 3.8) is 0 Å². The zero-order chi connectivity index (χ0) is 18.5. The molecule has 2 atom stereocenters. The maximum absolute atomic E-state index is 12.8. The maximum Gasteiger partial charge on any atom is 0.241 e. The summed E-state index contributed by atoms with van der Waals surface area (Å²) in [6, 6.07) is 11.4. The number of carbonyl (C=O) groups excluding carboxylic acids is 1. The first-order valence-corrected chi connectivity index (χ1v) is 9.54. The van der Waals surface area contributed by atoms with Crippen LogP contribution in [-0.2, 0) is 4.79 Å². The fourth-order valence-electron chi connectivity index (χ4n) is 3.67. The number of piperidine rings is 1. The number of hydrogen-bond acceptors (Lipinski definition) is 6. The minimum Gasteiger partial charge on any atom is -0.477 e. The largest absolute Gasteiger partial charge is 0.477 e. The molecular weight excluding hydrogens is 342 g/mol. The fourth-order valence-corrected chi connectivity index (χ4v) is 3.67. The molecule has 0 bridgehead atoms. The Morgan fingerprint density at radius 3 is 2.56 bits per heavy atom. The minimum atomic E-state index is -0.196. The molecular formula is C20H25N5O2. The van der Waals surface area contributed by atoms with Crippen LogP contribution in [-0.4, -0.2) is 46.5 Å². The van der Waals surface area contributed by atoms with Crippen LogP contribution in [0.5, 0.6) is 5.88 Å². The summed E-state index contributed by atoms with van der Waals surface area (Å²) in [5.41, 5.74) is 7.31. The molecule has 2 aromatic rings. The fraction of sp³-hybridized carbons (Fsp3) is 0.450. The molecule has 2 unspecified atom stereocenters. The summed E-state index contributed by atoms with van der Waals surface area (Å²) >= 11 is 0. The van der Waals surface area contributed by atoms with Crippen molar-refractivity contribution in [3.8, 4) is 5.88 Å². The van der Waals surface area contributed by atoms with E-state index in [0.29, 0.717) is 18.4 Å². The number of nitrogens with one attached hydrogen (secondary N) is 2. The van der Waals surface area contributed by atoms with Gasteiger partial charge in [0.15, 0.2) is 0 Å². The van der Waals surface area contributed by atoms with E-state index in [1.54, 1.807) is 12.4 Å². The summed E-state index contributed by atoms with van der Waals surface area (Å²) in [6.07, 6.45) is 6.16. The van der Waals surface area contributed by atoms with Crippen LogP contribution in [0.1, 0.15) is 31.0 Å². The molecule has 4 heterocycles. The summed E-state index contributed by atoms with van der Waals surface area (Å²) in [5, 5.41) is 0. The molecule has 0 aliphatic carbocycles. The van der Waals surface area contributed by atoms with E-state index in [-0.39, 0.29) is 18.0 Å². The van der Waals surface area contributed by atoms with Gasteiger partial charge in [-0.05, 0) is 43.4 Å². The van der Waals surface area contributed by atoms with E-state index in [9.17, 15) is 4.79 Å². The zero-order valence-electron chi connectivity index (χ0n) is 15.3. The van der Waals surface area contributed by atoms with Crippen molar-refractivity contribution in [2.45, 2.75) is 31.3 Å². The molecule has 0 saturated carbocycles. The van der Waals surface area contributed by atoms with Gasteiger partial charge in [0.05, 0.1) is 18.3 Å². The Morgan fingerprint density at radius 1 is 1.07 bits per heavy atom. The monoisotopic (exact) mass is 367 g/mol. The van der Waals surface area contributed by atoms with Gasteiger partial charge in [-0.2, -0.15) is 0 Å². The van der Waals surface area contributed by atoms with Gasteiger partial charge in [0.2, 0.25) is 11.8 Å². The normalized spacial score (nSPS) is 23.3. The lowest BCUT2D eigenvalue weighted by Crippen LogP contribution is -2.48. The van der Waals surface area contributed by atoms with Crippen molar-refractivity contribution in [2.24, 2.45) is 5.92 Å². The number of aromatic nitrogens is 2. The Hall–Kier alpha value is -2.51. The molecule has 0 radical (unpaired) electrons. The van der Waals surface area contributed by atoms with Crippen molar-refractivity contribution >= 4 is 5.91 Å². The predicted molar refractivity (Wildman–Crippen MR) is 101 cm³/mol. The molecule has 2 fully saturated rings. The summed E-state index contributed by atoms with van der Waals surface area (Å²) in [5.74, 6) is 1.30. The average Bonchev–Trinajstić information content (AvgIpc) is 3.24. The van der Waals surface area contributed by atoms with Gasteiger partial charge in [-0.3, -0.25) is 9.78 Å². The molecule has 2 aromatic heterocycles. The Balaban J connectivity index is 1.23. The molecule has 0 spiro atoms. The number of ether oxygens (including phenoxy) is 1. The molecule has 27 heavy (non-hydrogen) atoms. The second-order valence-electron chi connectivity index (χ2n) is 7.13. The van der Waals surface area contributed by atoms with Crippen LogP contribution in [0.2, 0.25) is 0 Å². The van der Waals surface area contributed by atoms with E-state index in [1.165, 1.54) is 0 Å². The van der Waals surface area contributed by atoms with Gasteiger partial charge >= 0.3 is 0 Å².